The van der Waals surface area contributed by atoms with Gasteiger partial charge in [-0.15, -0.1) is 0 Å². The lowest BCUT2D eigenvalue weighted by Crippen LogP contribution is -2.29. The van der Waals surface area contributed by atoms with Gasteiger partial charge in [-0.05, 0) is 50.8 Å². The van der Waals surface area contributed by atoms with Gasteiger partial charge in [-0.1, -0.05) is 61.9 Å². The molecule has 0 unspecified atom stereocenters. The summed E-state index contributed by atoms with van der Waals surface area (Å²) in [7, 11) is 0. The van der Waals surface area contributed by atoms with Crippen molar-refractivity contribution < 1.29 is 4.79 Å². The first kappa shape index (κ1) is 21.6. The molecule has 1 N–H and O–H groups in total. The third-order valence-electron chi connectivity index (χ3n) is 5.73. The van der Waals surface area contributed by atoms with Gasteiger partial charge in [0.05, 0.1) is 0 Å². The second kappa shape index (κ2) is 9.12. The molecule has 4 nitrogen and oxygen atoms in total. The minimum Gasteiger partial charge on any atom is -0.347 e. The van der Waals surface area contributed by atoms with E-state index in [0.717, 1.165) is 53.2 Å². The maximum Gasteiger partial charge on any atom is 0.261 e. The number of hydrogen-bond acceptors (Lipinski definition) is 2. The molecule has 0 spiro atoms. The second-order valence-corrected chi connectivity index (χ2v) is 7.84. The van der Waals surface area contributed by atoms with E-state index in [1.54, 1.807) is 0 Å². The third kappa shape index (κ3) is 4.09. The summed E-state index contributed by atoms with van der Waals surface area (Å²) in [5.41, 5.74) is 5.78. The molecule has 4 heteroatoms. The lowest BCUT2D eigenvalue weighted by molar-refractivity contribution is 0.102. The van der Waals surface area contributed by atoms with Crippen molar-refractivity contribution in [2.45, 2.75) is 54.0 Å². The highest BCUT2D eigenvalue weighted by molar-refractivity contribution is 6.06. The first-order valence-electron chi connectivity index (χ1n) is 10.5. The Hall–Kier alpha value is -3.14. The summed E-state index contributed by atoms with van der Waals surface area (Å²) in [5.74, 6) is -0.350. The molecule has 1 amide bonds. The van der Waals surface area contributed by atoms with Crippen LogP contribution in [0.4, 0.5) is 5.69 Å². The van der Waals surface area contributed by atoms with Crippen LogP contribution in [0.3, 0.4) is 0 Å². The summed E-state index contributed by atoms with van der Waals surface area (Å²) in [4.78, 5) is 26.9. The summed E-state index contributed by atoms with van der Waals surface area (Å²) in [6.07, 6.45) is 2.02. The Morgan fingerprint density at radius 1 is 0.900 bits per heavy atom. The van der Waals surface area contributed by atoms with Crippen LogP contribution in [0.15, 0.2) is 53.3 Å². The average molecular weight is 403 g/mol. The summed E-state index contributed by atoms with van der Waals surface area (Å²) < 4.78 is 2.12. The number of rotatable bonds is 6. The number of nitrogens with zero attached hydrogens (tertiary/aromatic N) is 1. The number of unbranched alkanes of at least 4 members (excludes halogenated alkanes) is 1. The minimum atomic E-state index is -0.350. The predicted molar refractivity (Wildman–Crippen MR) is 124 cm³/mol. The number of para-hydroxylation sites is 1. The Labute approximate surface area is 178 Å². The smallest absolute Gasteiger partial charge is 0.261 e. The molecule has 0 aliphatic heterocycles. The molecule has 156 valence electrons. The van der Waals surface area contributed by atoms with Crippen LogP contribution in [0.2, 0.25) is 0 Å². The molecular formula is C26H30N2O2. The Morgan fingerprint density at radius 2 is 1.53 bits per heavy atom. The number of carbonyl (C=O) groups excluding carboxylic acids is 1. The Kier molecular flexibility index (Phi) is 6.56. The highest BCUT2D eigenvalue weighted by Crippen LogP contribution is 2.25. The van der Waals surface area contributed by atoms with E-state index in [2.05, 4.69) is 16.8 Å². The van der Waals surface area contributed by atoms with E-state index in [-0.39, 0.29) is 16.9 Å². The number of aryl methyl sites for hydroxylation is 2. The second-order valence-electron chi connectivity index (χ2n) is 7.84. The normalized spacial score (nSPS) is 10.8. The maximum absolute atomic E-state index is 13.6. The van der Waals surface area contributed by atoms with Gasteiger partial charge in [0, 0.05) is 29.2 Å². The highest BCUT2D eigenvalue weighted by atomic mass is 16.2. The van der Waals surface area contributed by atoms with Crippen molar-refractivity contribution in [1.29, 1.82) is 0 Å². The molecule has 0 aliphatic carbocycles. The lowest BCUT2D eigenvalue weighted by Gasteiger charge is -2.21. The van der Waals surface area contributed by atoms with Gasteiger partial charge in [-0.2, -0.15) is 0 Å². The lowest BCUT2D eigenvalue weighted by atomic mass is 9.98. The zero-order valence-electron chi connectivity index (χ0n) is 18.5. The van der Waals surface area contributed by atoms with Crippen molar-refractivity contribution in [1.82, 2.24) is 4.57 Å². The molecule has 2 aromatic carbocycles. The number of anilines is 1. The first-order chi connectivity index (χ1) is 14.4. The van der Waals surface area contributed by atoms with Crippen LogP contribution >= 0.6 is 0 Å². The fourth-order valence-corrected chi connectivity index (χ4v) is 4.03. The zero-order valence-corrected chi connectivity index (χ0v) is 18.5. The zero-order chi connectivity index (χ0) is 21.8. The molecule has 0 atom stereocenters. The van der Waals surface area contributed by atoms with Crippen molar-refractivity contribution in [2.24, 2.45) is 0 Å². The van der Waals surface area contributed by atoms with E-state index < -0.39 is 0 Å². The molecule has 0 saturated heterocycles. The van der Waals surface area contributed by atoms with Crippen molar-refractivity contribution >= 4 is 11.6 Å². The summed E-state index contributed by atoms with van der Waals surface area (Å²) in [5, 5.41) is 3.01. The van der Waals surface area contributed by atoms with Crippen molar-refractivity contribution in [2.75, 3.05) is 5.32 Å². The SMILES string of the molecule is CCCCn1c(C)c(C(=O)Nc2c(C)cccc2C)c(=O)c(-c2ccccc2)c1C. The number of benzene rings is 2. The largest absolute Gasteiger partial charge is 0.347 e. The molecular weight excluding hydrogens is 372 g/mol. The standard InChI is InChI=1S/C26H30N2O2/c1-6-7-16-28-19(4)22(21-14-9-8-10-15-21)25(29)23(20(28)5)26(30)27-24-17(2)12-11-13-18(24)3/h8-15H,6-7,16H2,1-5H3,(H,27,30). The van der Waals surface area contributed by atoms with Crippen molar-refractivity contribution in [3.8, 4) is 11.1 Å². The quantitative estimate of drug-likeness (QED) is 0.566. The summed E-state index contributed by atoms with van der Waals surface area (Å²) in [6, 6.07) is 15.5. The molecule has 0 fully saturated rings. The van der Waals surface area contributed by atoms with Crippen LogP contribution in [0, 0.1) is 27.7 Å². The van der Waals surface area contributed by atoms with Crippen LogP contribution in [-0.4, -0.2) is 10.5 Å². The number of hydrogen-bond donors (Lipinski definition) is 1. The molecule has 0 aliphatic rings. The number of amides is 1. The van der Waals surface area contributed by atoms with Gasteiger partial charge in [0.2, 0.25) is 5.43 Å². The van der Waals surface area contributed by atoms with E-state index in [1.165, 1.54) is 0 Å². The Morgan fingerprint density at radius 3 is 2.13 bits per heavy atom. The topological polar surface area (TPSA) is 51.1 Å². The number of carbonyl (C=O) groups is 1. The van der Waals surface area contributed by atoms with Crippen molar-refractivity contribution in [3.05, 3.63) is 86.8 Å². The fraction of sp³-hybridized carbons (Fsp3) is 0.308. The van der Waals surface area contributed by atoms with Gasteiger partial charge in [0.1, 0.15) is 5.56 Å². The van der Waals surface area contributed by atoms with Crippen LogP contribution < -0.4 is 10.7 Å². The molecule has 3 rings (SSSR count). The molecule has 0 saturated carbocycles. The molecule has 1 aromatic heterocycles. The predicted octanol–water partition coefficient (Wildman–Crippen LogP) is 5.80. The molecule has 30 heavy (non-hydrogen) atoms. The molecule has 1 heterocycles. The Balaban J connectivity index is 2.20. The van der Waals surface area contributed by atoms with Crippen LogP contribution in [-0.2, 0) is 6.54 Å². The molecule has 0 radical (unpaired) electrons. The van der Waals surface area contributed by atoms with Gasteiger partial charge in [0.15, 0.2) is 0 Å². The summed E-state index contributed by atoms with van der Waals surface area (Å²) >= 11 is 0. The first-order valence-corrected chi connectivity index (χ1v) is 10.5. The molecule has 0 bridgehead atoms. The van der Waals surface area contributed by atoms with Gasteiger partial charge >= 0.3 is 0 Å². The number of pyridine rings is 1. The maximum atomic E-state index is 13.6. The van der Waals surface area contributed by atoms with Gasteiger partial charge in [-0.25, -0.2) is 0 Å². The third-order valence-corrected chi connectivity index (χ3v) is 5.73. The minimum absolute atomic E-state index is 0.215. The van der Waals surface area contributed by atoms with Crippen LogP contribution in [0.1, 0.15) is 52.6 Å². The fourth-order valence-electron chi connectivity index (χ4n) is 4.03. The van der Waals surface area contributed by atoms with E-state index >= 15 is 0 Å². The average Bonchev–Trinajstić information content (AvgIpc) is 2.71. The van der Waals surface area contributed by atoms with E-state index in [1.807, 2.05) is 76.2 Å². The van der Waals surface area contributed by atoms with E-state index in [9.17, 15) is 9.59 Å². The van der Waals surface area contributed by atoms with E-state index in [4.69, 9.17) is 0 Å². The van der Waals surface area contributed by atoms with Crippen molar-refractivity contribution in [3.63, 3.8) is 0 Å². The summed E-state index contributed by atoms with van der Waals surface area (Å²) in [6.45, 7) is 10.7. The number of nitrogens with one attached hydrogen (secondary N) is 1. The molecule has 3 aromatic rings. The Bertz CT molecular complexity index is 1110. The van der Waals surface area contributed by atoms with Crippen LogP contribution in [0.5, 0.6) is 0 Å². The monoisotopic (exact) mass is 402 g/mol. The van der Waals surface area contributed by atoms with Gasteiger partial charge in [-0.3, -0.25) is 9.59 Å². The van der Waals surface area contributed by atoms with Crippen LogP contribution in [0.25, 0.3) is 11.1 Å². The van der Waals surface area contributed by atoms with Gasteiger partial charge in [0.25, 0.3) is 5.91 Å². The highest BCUT2D eigenvalue weighted by Gasteiger charge is 2.23. The van der Waals surface area contributed by atoms with E-state index in [0.29, 0.717) is 5.56 Å². The number of aromatic nitrogens is 1. The van der Waals surface area contributed by atoms with Gasteiger partial charge < -0.3 is 9.88 Å².